The van der Waals surface area contributed by atoms with Crippen molar-refractivity contribution in [3.8, 4) is 0 Å². The summed E-state index contributed by atoms with van der Waals surface area (Å²) in [5, 5.41) is 2.81. The average molecular weight is 291 g/mol. The lowest BCUT2D eigenvalue weighted by atomic mass is 10.1. The fourth-order valence-corrected chi connectivity index (χ4v) is 2.20. The topological polar surface area (TPSA) is 58.6 Å². The van der Waals surface area contributed by atoms with Gasteiger partial charge < -0.3 is 15.0 Å². The van der Waals surface area contributed by atoms with Crippen LogP contribution in [0.1, 0.15) is 40.0 Å². The standard InChI is InChI=1S/C13H23ClN2O3/c1-13(2,3)19-12(18)15-10-5-4-8-16(9-10)11(17)6-7-14/h10H,4-9H2,1-3H3,(H,15,18). The number of nitrogens with zero attached hydrogens (tertiary/aromatic N) is 1. The number of alkyl carbamates (subject to hydrolysis) is 1. The minimum atomic E-state index is -0.507. The van der Waals surface area contributed by atoms with Crippen molar-refractivity contribution >= 4 is 23.6 Å². The van der Waals surface area contributed by atoms with E-state index in [0.717, 1.165) is 19.4 Å². The Morgan fingerprint density at radius 1 is 1.42 bits per heavy atom. The molecular weight excluding hydrogens is 268 g/mol. The Labute approximate surface area is 119 Å². The van der Waals surface area contributed by atoms with Crippen molar-refractivity contribution in [3.63, 3.8) is 0 Å². The Kier molecular flexibility index (Phi) is 5.91. The van der Waals surface area contributed by atoms with E-state index in [2.05, 4.69) is 5.32 Å². The SMILES string of the molecule is CC(C)(C)OC(=O)NC1CCCN(C(=O)CCCl)C1. The highest BCUT2D eigenvalue weighted by Gasteiger charge is 2.26. The molecule has 1 atom stereocenters. The van der Waals surface area contributed by atoms with Crippen LogP contribution in [0.5, 0.6) is 0 Å². The summed E-state index contributed by atoms with van der Waals surface area (Å²) in [5.41, 5.74) is -0.507. The van der Waals surface area contributed by atoms with Crippen LogP contribution in [0, 0.1) is 0 Å². The average Bonchev–Trinajstić information content (AvgIpc) is 2.27. The molecule has 6 heteroatoms. The van der Waals surface area contributed by atoms with E-state index in [4.69, 9.17) is 16.3 Å². The molecule has 1 N–H and O–H groups in total. The van der Waals surface area contributed by atoms with Crippen LogP contribution < -0.4 is 5.32 Å². The maximum atomic E-state index is 11.8. The van der Waals surface area contributed by atoms with Crippen LogP contribution in [0.25, 0.3) is 0 Å². The Hall–Kier alpha value is -0.970. The van der Waals surface area contributed by atoms with Crippen LogP contribution in [-0.2, 0) is 9.53 Å². The highest BCUT2D eigenvalue weighted by Crippen LogP contribution is 2.13. The maximum absolute atomic E-state index is 11.8. The zero-order valence-electron chi connectivity index (χ0n) is 11.9. The molecule has 2 amide bonds. The van der Waals surface area contributed by atoms with E-state index in [1.807, 2.05) is 20.8 Å². The van der Waals surface area contributed by atoms with Gasteiger partial charge in [-0.05, 0) is 33.6 Å². The minimum absolute atomic E-state index is 0.0390. The molecule has 0 aromatic rings. The summed E-state index contributed by atoms with van der Waals surface area (Å²) in [4.78, 5) is 25.2. The highest BCUT2D eigenvalue weighted by atomic mass is 35.5. The lowest BCUT2D eigenvalue weighted by Gasteiger charge is -2.33. The molecule has 0 bridgehead atoms. The van der Waals surface area contributed by atoms with Crippen LogP contribution in [0.3, 0.4) is 0 Å². The molecule has 1 heterocycles. The first kappa shape index (κ1) is 16.1. The zero-order valence-corrected chi connectivity index (χ0v) is 12.6. The second kappa shape index (κ2) is 6.98. The van der Waals surface area contributed by atoms with E-state index >= 15 is 0 Å². The van der Waals surface area contributed by atoms with E-state index in [1.165, 1.54) is 0 Å². The molecule has 0 aliphatic carbocycles. The van der Waals surface area contributed by atoms with E-state index < -0.39 is 11.7 Å². The third kappa shape index (κ3) is 6.14. The predicted octanol–water partition coefficient (Wildman–Crippen LogP) is 2.13. The number of hydrogen-bond donors (Lipinski definition) is 1. The van der Waals surface area contributed by atoms with Crippen LogP contribution in [0.2, 0.25) is 0 Å². The summed E-state index contributed by atoms with van der Waals surface area (Å²) < 4.78 is 5.21. The van der Waals surface area contributed by atoms with Gasteiger partial charge in [0.2, 0.25) is 5.91 Å². The van der Waals surface area contributed by atoms with Crippen LogP contribution in [0.15, 0.2) is 0 Å². The van der Waals surface area contributed by atoms with Crippen LogP contribution >= 0.6 is 11.6 Å². The molecule has 19 heavy (non-hydrogen) atoms. The van der Waals surface area contributed by atoms with Gasteiger partial charge in [-0.3, -0.25) is 4.79 Å². The van der Waals surface area contributed by atoms with E-state index in [0.29, 0.717) is 18.8 Å². The van der Waals surface area contributed by atoms with Gasteiger partial charge in [0.25, 0.3) is 0 Å². The smallest absolute Gasteiger partial charge is 0.407 e. The first-order valence-corrected chi connectivity index (χ1v) is 7.18. The monoisotopic (exact) mass is 290 g/mol. The summed E-state index contributed by atoms with van der Waals surface area (Å²) in [6, 6.07) is -0.0390. The summed E-state index contributed by atoms with van der Waals surface area (Å²) >= 11 is 5.57. The number of rotatable bonds is 3. The van der Waals surface area contributed by atoms with E-state index in [-0.39, 0.29) is 11.9 Å². The molecule has 0 saturated carbocycles. The fourth-order valence-electron chi connectivity index (χ4n) is 2.03. The van der Waals surface area contributed by atoms with Gasteiger partial charge in [0.05, 0.1) is 0 Å². The number of halogens is 1. The molecule has 1 saturated heterocycles. The molecule has 0 aromatic carbocycles. The summed E-state index contributed by atoms with van der Waals surface area (Å²) in [5.74, 6) is 0.380. The molecular formula is C13H23ClN2O3. The van der Waals surface area contributed by atoms with Crippen LogP contribution in [0.4, 0.5) is 4.79 Å². The Balaban J connectivity index is 2.42. The molecule has 1 rings (SSSR count). The highest BCUT2D eigenvalue weighted by molar-refractivity contribution is 6.18. The van der Waals surface area contributed by atoms with Crippen molar-refractivity contribution < 1.29 is 14.3 Å². The molecule has 1 fully saturated rings. The predicted molar refractivity (Wildman–Crippen MR) is 74.3 cm³/mol. The Morgan fingerprint density at radius 2 is 2.11 bits per heavy atom. The number of likely N-dealkylation sites (tertiary alicyclic amines) is 1. The van der Waals surface area contributed by atoms with Crippen molar-refractivity contribution in [3.05, 3.63) is 0 Å². The second-order valence-electron chi connectivity index (χ2n) is 5.76. The number of amides is 2. The van der Waals surface area contributed by atoms with Gasteiger partial charge in [-0.25, -0.2) is 4.79 Å². The molecule has 0 aromatic heterocycles. The number of nitrogens with one attached hydrogen (secondary N) is 1. The molecule has 0 radical (unpaired) electrons. The lowest BCUT2D eigenvalue weighted by molar-refractivity contribution is -0.132. The van der Waals surface area contributed by atoms with Crippen molar-refractivity contribution in [2.45, 2.75) is 51.7 Å². The number of ether oxygens (including phenoxy) is 1. The zero-order chi connectivity index (χ0) is 14.5. The number of piperidine rings is 1. The number of carbonyl (C=O) groups excluding carboxylic acids is 2. The normalized spacial score (nSPS) is 20.0. The fraction of sp³-hybridized carbons (Fsp3) is 0.846. The van der Waals surface area contributed by atoms with E-state index in [9.17, 15) is 9.59 Å². The van der Waals surface area contributed by atoms with Gasteiger partial charge in [0.1, 0.15) is 5.60 Å². The lowest BCUT2D eigenvalue weighted by Crippen LogP contribution is -2.50. The van der Waals surface area contributed by atoms with Crippen LogP contribution in [-0.4, -0.2) is 47.5 Å². The maximum Gasteiger partial charge on any atom is 0.407 e. The Morgan fingerprint density at radius 3 is 2.68 bits per heavy atom. The molecule has 110 valence electrons. The van der Waals surface area contributed by atoms with Crippen molar-refractivity contribution in [1.82, 2.24) is 10.2 Å². The third-order valence-corrected chi connectivity index (χ3v) is 2.99. The molecule has 1 aliphatic heterocycles. The van der Waals surface area contributed by atoms with Crippen molar-refractivity contribution in [2.24, 2.45) is 0 Å². The summed E-state index contributed by atoms with van der Waals surface area (Å²) in [6.07, 6.45) is 1.67. The first-order valence-electron chi connectivity index (χ1n) is 6.65. The third-order valence-electron chi connectivity index (χ3n) is 2.80. The number of carbonyl (C=O) groups is 2. The summed E-state index contributed by atoms with van der Waals surface area (Å²) in [6.45, 7) is 6.74. The number of hydrogen-bond acceptors (Lipinski definition) is 3. The van der Waals surface area contributed by atoms with Gasteiger partial charge in [-0.2, -0.15) is 0 Å². The largest absolute Gasteiger partial charge is 0.444 e. The molecule has 1 aliphatic rings. The van der Waals surface area contributed by atoms with Gasteiger partial charge in [-0.1, -0.05) is 0 Å². The van der Waals surface area contributed by atoms with Gasteiger partial charge in [0.15, 0.2) is 0 Å². The van der Waals surface area contributed by atoms with Gasteiger partial charge >= 0.3 is 6.09 Å². The van der Waals surface area contributed by atoms with Crippen molar-refractivity contribution in [2.75, 3.05) is 19.0 Å². The summed E-state index contributed by atoms with van der Waals surface area (Å²) in [7, 11) is 0. The first-order chi connectivity index (χ1) is 8.81. The second-order valence-corrected chi connectivity index (χ2v) is 6.14. The molecule has 0 spiro atoms. The minimum Gasteiger partial charge on any atom is -0.444 e. The Bertz CT molecular complexity index is 328. The molecule has 5 nitrogen and oxygen atoms in total. The van der Waals surface area contributed by atoms with Gasteiger partial charge in [0, 0.05) is 31.4 Å². The molecule has 1 unspecified atom stereocenters. The van der Waals surface area contributed by atoms with E-state index in [1.54, 1.807) is 4.90 Å². The number of alkyl halides is 1. The van der Waals surface area contributed by atoms with Crippen molar-refractivity contribution in [1.29, 1.82) is 0 Å². The van der Waals surface area contributed by atoms with Gasteiger partial charge in [-0.15, -0.1) is 11.6 Å². The quantitative estimate of drug-likeness (QED) is 0.810.